The summed E-state index contributed by atoms with van der Waals surface area (Å²) >= 11 is 0. The number of allylic oxidation sites excluding steroid dienone is 22. The molecule has 564 valence electrons. The molecule has 0 aliphatic carbocycles. The molecule has 0 fully saturated rings. The summed E-state index contributed by atoms with van der Waals surface area (Å²) in [5, 5.41) is 0. The van der Waals surface area contributed by atoms with Gasteiger partial charge in [0.15, 0.2) is 6.10 Å². The summed E-state index contributed by atoms with van der Waals surface area (Å²) in [4.78, 5) is 36.0. The zero-order valence-corrected chi connectivity index (χ0v) is 65.4. The highest BCUT2D eigenvalue weighted by atomic mass is 31.2. The van der Waals surface area contributed by atoms with E-state index in [-0.39, 0.29) is 32.0 Å². The number of likely N-dealkylation sites (N-methyl/N-ethyl adjacent to an activating group) is 1. The summed E-state index contributed by atoms with van der Waals surface area (Å²) in [5.41, 5.74) is 0. The van der Waals surface area contributed by atoms with E-state index in [1.165, 1.54) is 212 Å². The standard InChI is InChI=1S/C88H154NO8P/c1-6-8-10-12-14-16-18-20-22-24-26-28-30-32-34-36-38-40-41-42-43-44-45-46-47-49-50-52-54-56-58-60-62-64-66-68-70-72-74-76-78-80-87(90)94-84-86(85-96-98(92,93)95-83-82-89(3,4)5)97-88(91)81-79-77-75-73-71-69-67-65-63-61-59-57-55-53-51-48-39-37-35-33-31-29-27-25-23-21-19-17-15-13-11-9-7-2/h8-11,14-17,20-23,26-29,33,35,39,48,53,55,86H,6-7,12-13,18-19,24-25,30-32,34,36-38,40-47,49-52,54,56-85H2,1-5H3/p+1/b10-8-,11-9-,16-14-,17-15-,22-20-,23-21-,28-26-,29-27-,35-33-,48-39-,55-53-. The number of unbranched alkanes of at least 4 members (excludes halogenated alkanes) is 39. The first-order valence-corrected chi connectivity index (χ1v) is 42.4. The van der Waals surface area contributed by atoms with Gasteiger partial charge in [-0.25, -0.2) is 4.57 Å². The number of esters is 2. The van der Waals surface area contributed by atoms with Crippen LogP contribution in [0.1, 0.15) is 361 Å². The minimum absolute atomic E-state index is 0.0280. The molecule has 9 nitrogen and oxygen atoms in total. The average molecular weight is 1390 g/mol. The Morgan fingerprint density at radius 2 is 0.551 bits per heavy atom. The molecule has 0 saturated carbocycles. The molecule has 0 amide bonds. The molecule has 0 aliphatic heterocycles. The second kappa shape index (κ2) is 77.3. The third kappa shape index (κ3) is 81.1. The third-order valence-electron chi connectivity index (χ3n) is 17.7. The van der Waals surface area contributed by atoms with E-state index in [0.29, 0.717) is 17.4 Å². The maximum atomic E-state index is 12.9. The van der Waals surface area contributed by atoms with Gasteiger partial charge in [0, 0.05) is 12.8 Å². The minimum Gasteiger partial charge on any atom is -0.462 e. The van der Waals surface area contributed by atoms with E-state index in [1.807, 2.05) is 21.1 Å². The molecule has 0 saturated heterocycles. The van der Waals surface area contributed by atoms with Gasteiger partial charge in [0.2, 0.25) is 0 Å². The van der Waals surface area contributed by atoms with Crippen LogP contribution in [0.15, 0.2) is 134 Å². The van der Waals surface area contributed by atoms with Gasteiger partial charge in [0.05, 0.1) is 27.7 Å². The minimum atomic E-state index is -4.40. The van der Waals surface area contributed by atoms with Crippen molar-refractivity contribution in [1.29, 1.82) is 0 Å². The fourth-order valence-electron chi connectivity index (χ4n) is 11.5. The largest absolute Gasteiger partial charge is 0.472 e. The van der Waals surface area contributed by atoms with E-state index in [2.05, 4.69) is 148 Å². The van der Waals surface area contributed by atoms with Crippen LogP contribution in [0.5, 0.6) is 0 Å². The fraction of sp³-hybridized carbons (Fsp3) is 0.727. The van der Waals surface area contributed by atoms with Gasteiger partial charge in [-0.1, -0.05) is 372 Å². The number of phosphoric ester groups is 1. The third-order valence-corrected chi connectivity index (χ3v) is 18.7. The quantitative estimate of drug-likeness (QED) is 0.0211. The van der Waals surface area contributed by atoms with Crippen LogP contribution in [-0.4, -0.2) is 74.9 Å². The van der Waals surface area contributed by atoms with Crippen LogP contribution in [0, 0.1) is 0 Å². The van der Waals surface area contributed by atoms with Gasteiger partial charge in [0.25, 0.3) is 0 Å². The number of hydrogen-bond donors (Lipinski definition) is 1. The van der Waals surface area contributed by atoms with Crippen molar-refractivity contribution in [3.05, 3.63) is 134 Å². The summed E-state index contributed by atoms with van der Waals surface area (Å²) in [6.07, 6.45) is 113. The predicted molar refractivity (Wildman–Crippen MR) is 427 cm³/mol. The molecule has 0 aromatic heterocycles. The number of carbonyl (C=O) groups excluding carboxylic acids is 2. The number of rotatable bonds is 75. The smallest absolute Gasteiger partial charge is 0.462 e. The van der Waals surface area contributed by atoms with E-state index in [4.69, 9.17) is 18.5 Å². The van der Waals surface area contributed by atoms with Crippen LogP contribution >= 0.6 is 7.82 Å². The maximum Gasteiger partial charge on any atom is 0.472 e. The molecule has 0 aromatic carbocycles. The molecule has 0 bridgehead atoms. The normalized spacial score (nSPS) is 13.7. The van der Waals surface area contributed by atoms with Gasteiger partial charge in [-0.2, -0.15) is 0 Å². The summed E-state index contributed by atoms with van der Waals surface area (Å²) in [6, 6.07) is 0. The molecule has 0 spiro atoms. The van der Waals surface area contributed by atoms with Crippen LogP contribution in [0.3, 0.4) is 0 Å². The maximum absolute atomic E-state index is 12.9. The Hall–Kier alpha value is -3.85. The number of phosphoric acid groups is 1. The van der Waals surface area contributed by atoms with E-state index < -0.39 is 26.5 Å². The fourth-order valence-corrected chi connectivity index (χ4v) is 12.3. The predicted octanol–water partition coefficient (Wildman–Crippen LogP) is 27.5. The summed E-state index contributed by atoms with van der Waals surface area (Å²) in [7, 11) is 1.48. The van der Waals surface area contributed by atoms with Crippen LogP contribution in [0.25, 0.3) is 0 Å². The monoisotopic (exact) mass is 1390 g/mol. The van der Waals surface area contributed by atoms with Crippen LogP contribution in [0.2, 0.25) is 0 Å². The Morgan fingerprint density at radius 3 is 0.816 bits per heavy atom. The van der Waals surface area contributed by atoms with E-state index in [9.17, 15) is 19.0 Å². The Labute approximate surface area is 606 Å². The van der Waals surface area contributed by atoms with Crippen molar-refractivity contribution in [2.45, 2.75) is 367 Å². The van der Waals surface area contributed by atoms with Gasteiger partial charge < -0.3 is 18.9 Å². The van der Waals surface area contributed by atoms with Crippen molar-refractivity contribution in [3.8, 4) is 0 Å². The van der Waals surface area contributed by atoms with Gasteiger partial charge in [0.1, 0.15) is 19.8 Å². The lowest BCUT2D eigenvalue weighted by molar-refractivity contribution is -0.870. The lowest BCUT2D eigenvalue weighted by Gasteiger charge is -2.24. The van der Waals surface area contributed by atoms with Crippen molar-refractivity contribution in [1.82, 2.24) is 0 Å². The van der Waals surface area contributed by atoms with Crippen LogP contribution < -0.4 is 0 Å². The number of ether oxygens (including phenoxy) is 2. The Bertz CT molecular complexity index is 2120. The lowest BCUT2D eigenvalue weighted by atomic mass is 10.0. The first kappa shape index (κ1) is 94.2. The molecule has 0 heterocycles. The van der Waals surface area contributed by atoms with Crippen molar-refractivity contribution in [2.24, 2.45) is 0 Å². The molecular formula is C88H155NO8P+. The summed E-state index contributed by atoms with van der Waals surface area (Å²) in [6.45, 7) is 4.24. The molecule has 0 radical (unpaired) electrons. The molecule has 0 aromatic rings. The van der Waals surface area contributed by atoms with Gasteiger partial charge in [-0.3, -0.25) is 18.6 Å². The van der Waals surface area contributed by atoms with Crippen LogP contribution in [-0.2, 0) is 32.7 Å². The summed E-state index contributed by atoms with van der Waals surface area (Å²) < 4.78 is 34.8. The Balaban J connectivity index is 3.94. The number of quaternary nitrogens is 1. The van der Waals surface area contributed by atoms with Crippen molar-refractivity contribution >= 4 is 19.8 Å². The second-order valence-electron chi connectivity index (χ2n) is 28.4. The lowest BCUT2D eigenvalue weighted by Crippen LogP contribution is -2.37. The van der Waals surface area contributed by atoms with E-state index in [0.717, 1.165) is 116 Å². The van der Waals surface area contributed by atoms with E-state index >= 15 is 0 Å². The molecule has 1 N–H and O–H groups in total. The molecular weight excluding hydrogens is 1230 g/mol. The molecule has 2 atom stereocenters. The SMILES string of the molecule is CC/C=C\C/C=C\C/C=C\C/C=C\C/C=C\C/C=C\C/C=C\CCCCCCCCCCCCCC(=O)OC(COC(=O)CCCCCCCCCCCCCCCCCCCCCCCCCCCCCC/C=C\C/C=C\C/C=C\C/C=C\CC)COP(=O)(O)OCC[N+](C)(C)C. The molecule has 0 aliphatic rings. The first-order chi connectivity index (χ1) is 48.0. The molecule has 10 heteroatoms. The van der Waals surface area contributed by atoms with Crippen molar-refractivity contribution < 1.29 is 42.1 Å². The van der Waals surface area contributed by atoms with E-state index in [1.54, 1.807) is 0 Å². The highest BCUT2D eigenvalue weighted by Crippen LogP contribution is 2.43. The number of hydrogen-bond acceptors (Lipinski definition) is 7. The zero-order chi connectivity index (χ0) is 71.1. The van der Waals surface area contributed by atoms with Gasteiger partial charge in [-0.15, -0.1) is 0 Å². The van der Waals surface area contributed by atoms with Gasteiger partial charge >= 0.3 is 19.8 Å². The van der Waals surface area contributed by atoms with Crippen molar-refractivity contribution in [2.75, 3.05) is 47.5 Å². The molecule has 98 heavy (non-hydrogen) atoms. The topological polar surface area (TPSA) is 108 Å². The number of carbonyl (C=O) groups is 2. The highest BCUT2D eigenvalue weighted by molar-refractivity contribution is 7.47. The zero-order valence-electron chi connectivity index (χ0n) is 64.5. The van der Waals surface area contributed by atoms with Gasteiger partial charge in [-0.05, 0) is 109 Å². The Kier molecular flexibility index (Phi) is 74.3. The highest BCUT2D eigenvalue weighted by Gasteiger charge is 2.27. The van der Waals surface area contributed by atoms with Crippen molar-refractivity contribution in [3.63, 3.8) is 0 Å². The molecule has 2 unspecified atom stereocenters. The molecule has 0 rings (SSSR count). The average Bonchev–Trinajstić information content (AvgIpc) is 1.08. The Morgan fingerprint density at radius 1 is 0.316 bits per heavy atom. The number of nitrogens with zero attached hydrogens (tertiary/aromatic N) is 1. The first-order valence-electron chi connectivity index (χ1n) is 40.9. The second-order valence-corrected chi connectivity index (χ2v) is 29.8. The van der Waals surface area contributed by atoms with Crippen LogP contribution in [0.4, 0.5) is 0 Å². The summed E-state index contributed by atoms with van der Waals surface area (Å²) in [5.74, 6) is -0.791.